The minimum absolute atomic E-state index is 0.0262. The van der Waals surface area contributed by atoms with Gasteiger partial charge in [-0.3, -0.25) is 9.69 Å². The monoisotopic (exact) mass is 416 g/mol. The molecule has 1 aliphatic rings. The summed E-state index contributed by atoms with van der Waals surface area (Å²) in [7, 11) is 0. The highest BCUT2D eigenvalue weighted by Crippen LogP contribution is 2.33. The first-order chi connectivity index (χ1) is 14.7. The minimum atomic E-state index is 0.0262. The summed E-state index contributed by atoms with van der Waals surface area (Å²) in [6.07, 6.45) is 2.01. The molecule has 0 spiro atoms. The van der Waals surface area contributed by atoms with Crippen molar-refractivity contribution < 1.29 is 4.79 Å². The molecule has 1 saturated heterocycles. The molecular weight excluding hydrogens is 388 g/mol. The van der Waals surface area contributed by atoms with Crippen molar-refractivity contribution in [2.75, 3.05) is 18.4 Å². The minimum Gasteiger partial charge on any atom is -0.325 e. The van der Waals surface area contributed by atoms with Crippen molar-refractivity contribution in [2.45, 2.75) is 36.1 Å². The van der Waals surface area contributed by atoms with Gasteiger partial charge in [0.15, 0.2) is 0 Å². The molecule has 3 aromatic rings. The largest absolute Gasteiger partial charge is 0.325 e. The number of benzene rings is 3. The second-order valence-corrected chi connectivity index (χ2v) is 9.08. The first-order valence-electron chi connectivity index (χ1n) is 10.6. The number of amides is 1. The molecule has 1 heterocycles. The number of aryl methyl sites for hydroxylation is 1. The Morgan fingerprint density at radius 2 is 1.83 bits per heavy atom. The van der Waals surface area contributed by atoms with Crippen molar-refractivity contribution in [3.63, 3.8) is 0 Å². The molecule has 1 aliphatic heterocycles. The Kier molecular flexibility index (Phi) is 6.88. The number of hydrogen-bond donors (Lipinski definition) is 1. The van der Waals surface area contributed by atoms with Crippen molar-refractivity contribution in [3.8, 4) is 0 Å². The SMILES string of the molecule is Cc1cccc(CN2CCCC(C(=O)Nc3ccccc3Sc3ccccc3)C2)c1. The van der Waals surface area contributed by atoms with E-state index in [4.69, 9.17) is 0 Å². The van der Waals surface area contributed by atoms with Crippen LogP contribution in [0, 0.1) is 12.8 Å². The first-order valence-corrected chi connectivity index (χ1v) is 11.4. The highest BCUT2D eigenvalue weighted by molar-refractivity contribution is 7.99. The summed E-state index contributed by atoms with van der Waals surface area (Å²) in [6, 6.07) is 27.0. The summed E-state index contributed by atoms with van der Waals surface area (Å²) in [5.41, 5.74) is 3.50. The van der Waals surface area contributed by atoms with Gasteiger partial charge in [0.1, 0.15) is 0 Å². The van der Waals surface area contributed by atoms with Crippen molar-refractivity contribution >= 4 is 23.4 Å². The van der Waals surface area contributed by atoms with Gasteiger partial charge >= 0.3 is 0 Å². The number of carbonyl (C=O) groups is 1. The Hall–Kier alpha value is -2.56. The Labute approximate surface area is 183 Å². The van der Waals surface area contributed by atoms with Gasteiger partial charge in [-0.2, -0.15) is 0 Å². The second kappa shape index (κ2) is 9.96. The van der Waals surface area contributed by atoms with E-state index in [0.717, 1.165) is 43.1 Å². The molecule has 0 saturated carbocycles. The third-order valence-electron chi connectivity index (χ3n) is 5.48. The highest BCUT2D eigenvalue weighted by Gasteiger charge is 2.26. The summed E-state index contributed by atoms with van der Waals surface area (Å²) < 4.78 is 0. The van der Waals surface area contributed by atoms with Crippen LogP contribution in [-0.4, -0.2) is 23.9 Å². The molecule has 1 atom stereocenters. The molecular formula is C26H28N2OS. The molecule has 4 heteroatoms. The van der Waals surface area contributed by atoms with E-state index in [-0.39, 0.29) is 11.8 Å². The zero-order chi connectivity index (χ0) is 20.8. The lowest BCUT2D eigenvalue weighted by molar-refractivity contribution is -0.121. The molecule has 30 heavy (non-hydrogen) atoms. The standard InChI is InChI=1S/C26H28N2OS/c1-20-9-7-10-21(17-20)18-28-16-8-11-22(19-28)26(29)27-24-14-5-6-15-25(24)30-23-12-3-2-4-13-23/h2-7,9-10,12-15,17,22H,8,11,16,18-19H2,1H3,(H,27,29). The summed E-state index contributed by atoms with van der Waals surface area (Å²) in [6.45, 7) is 4.90. The summed E-state index contributed by atoms with van der Waals surface area (Å²) >= 11 is 1.68. The maximum absolute atomic E-state index is 13.1. The molecule has 154 valence electrons. The van der Waals surface area contributed by atoms with Crippen LogP contribution in [0.4, 0.5) is 5.69 Å². The fourth-order valence-electron chi connectivity index (χ4n) is 3.99. The van der Waals surface area contributed by atoms with E-state index in [0.29, 0.717) is 0 Å². The Morgan fingerprint density at radius 1 is 1.03 bits per heavy atom. The number of carbonyl (C=O) groups excluding carboxylic acids is 1. The van der Waals surface area contributed by atoms with Crippen LogP contribution in [0.15, 0.2) is 88.7 Å². The third kappa shape index (κ3) is 5.53. The number of anilines is 1. The van der Waals surface area contributed by atoms with Crippen LogP contribution in [0.3, 0.4) is 0 Å². The molecule has 0 aliphatic carbocycles. The Bertz CT molecular complexity index is 989. The molecule has 1 N–H and O–H groups in total. The van der Waals surface area contributed by atoms with E-state index < -0.39 is 0 Å². The van der Waals surface area contributed by atoms with Gasteiger partial charge in [0, 0.05) is 22.9 Å². The maximum Gasteiger partial charge on any atom is 0.228 e. The lowest BCUT2D eigenvalue weighted by atomic mass is 9.96. The van der Waals surface area contributed by atoms with E-state index in [2.05, 4.69) is 59.6 Å². The number of nitrogens with zero attached hydrogens (tertiary/aromatic N) is 1. The third-order valence-corrected chi connectivity index (χ3v) is 6.56. The van der Waals surface area contributed by atoms with Gasteiger partial charge in [0.05, 0.1) is 11.6 Å². The van der Waals surface area contributed by atoms with E-state index in [1.807, 2.05) is 36.4 Å². The van der Waals surface area contributed by atoms with Crippen molar-refractivity contribution in [3.05, 3.63) is 90.0 Å². The van der Waals surface area contributed by atoms with Crippen LogP contribution in [-0.2, 0) is 11.3 Å². The second-order valence-electron chi connectivity index (χ2n) is 7.96. The van der Waals surface area contributed by atoms with Crippen LogP contribution in [0.2, 0.25) is 0 Å². The zero-order valence-electron chi connectivity index (χ0n) is 17.4. The Morgan fingerprint density at radius 3 is 2.67 bits per heavy atom. The van der Waals surface area contributed by atoms with Crippen LogP contribution in [0.25, 0.3) is 0 Å². The van der Waals surface area contributed by atoms with Gasteiger partial charge in [-0.05, 0) is 56.1 Å². The van der Waals surface area contributed by atoms with E-state index in [1.165, 1.54) is 16.0 Å². The van der Waals surface area contributed by atoms with Crippen molar-refractivity contribution in [1.82, 2.24) is 4.90 Å². The number of rotatable bonds is 6. The van der Waals surface area contributed by atoms with Gasteiger partial charge in [-0.15, -0.1) is 0 Å². The van der Waals surface area contributed by atoms with Gasteiger partial charge in [0.25, 0.3) is 0 Å². The molecule has 0 aromatic heterocycles. The summed E-state index contributed by atoms with van der Waals surface area (Å²) in [4.78, 5) is 17.7. The topological polar surface area (TPSA) is 32.3 Å². The molecule has 0 bridgehead atoms. The molecule has 1 fully saturated rings. The highest BCUT2D eigenvalue weighted by atomic mass is 32.2. The summed E-state index contributed by atoms with van der Waals surface area (Å²) in [5.74, 6) is 0.156. The predicted molar refractivity (Wildman–Crippen MR) is 125 cm³/mol. The molecule has 0 radical (unpaired) electrons. The van der Waals surface area contributed by atoms with E-state index in [1.54, 1.807) is 11.8 Å². The average Bonchev–Trinajstić information content (AvgIpc) is 2.76. The van der Waals surface area contributed by atoms with Crippen molar-refractivity contribution in [2.24, 2.45) is 5.92 Å². The zero-order valence-corrected chi connectivity index (χ0v) is 18.2. The number of para-hydroxylation sites is 1. The molecule has 1 amide bonds. The number of piperidine rings is 1. The number of likely N-dealkylation sites (tertiary alicyclic amines) is 1. The lowest BCUT2D eigenvalue weighted by Gasteiger charge is -2.32. The van der Waals surface area contributed by atoms with Crippen LogP contribution >= 0.6 is 11.8 Å². The summed E-state index contributed by atoms with van der Waals surface area (Å²) in [5, 5.41) is 3.21. The predicted octanol–water partition coefficient (Wildman–Crippen LogP) is 6.00. The first kappa shape index (κ1) is 20.7. The molecule has 4 rings (SSSR count). The lowest BCUT2D eigenvalue weighted by Crippen LogP contribution is -2.40. The number of nitrogens with one attached hydrogen (secondary N) is 1. The molecule has 1 unspecified atom stereocenters. The van der Waals surface area contributed by atoms with Crippen LogP contribution in [0.5, 0.6) is 0 Å². The number of hydrogen-bond acceptors (Lipinski definition) is 3. The Balaban J connectivity index is 1.40. The fraction of sp³-hybridized carbons (Fsp3) is 0.269. The smallest absolute Gasteiger partial charge is 0.228 e. The van der Waals surface area contributed by atoms with Gasteiger partial charge < -0.3 is 5.32 Å². The van der Waals surface area contributed by atoms with Crippen LogP contribution < -0.4 is 5.32 Å². The quantitative estimate of drug-likeness (QED) is 0.535. The molecule has 3 nitrogen and oxygen atoms in total. The maximum atomic E-state index is 13.1. The van der Waals surface area contributed by atoms with Gasteiger partial charge in [-0.25, -0.2) is 0 Å². The van der Waals surface area contributed by atoms with E-state index in [9.17, 15) is 4.79 Å². The molecule has 3 aromatic carbocycles. The van der Waals surface area contributed by atoms with Gasteiger partial charge in [0.2, 0.25) is 5.91 Å². The van der Waals surface area contributed by atoms with Crippen LogP contribution in [0.1, 0.15) is 24.0 Å². The van der Waals surface area contributed by atoms with Gasteiger partial charge in [-0.1, -0.05) is 71.9 Å². The fourth-order valence-corrected chi connectivity index (χ4v) is 4.91. The normalized spacial score (nSPS) is 16.9. The average molecular weight is 417 g/mol. The van der Waals surface area contributed by atoms with Crippen molar-refractivity contribution in [1.29, 1.82) is 0 Å². The van der Waals surface area contributed by atoms with E-state index >= 15 is 0 Å².